The molecule has 0 aromatic carbocycles. The van der Waals surface area contributed by atoms with Gasteiger partial charge in [-0.3, -0.25) is 9.59 Å². The molecule has 0 aliphatic heterocycles. The number of hydrogen-bond acceptors (Lipinski definition) is 4. The summed E-state index contributed by atoms with van der Waals surface area (Å²) in [5.41, 5.74) is 0. The smallest absolute Gasteiger partial charge is 0.308 e. The molecule has 0 N–H and O–H groups in total. The predicted molar refractivity (Wildman–Crippen MR) is 119 cm³/mol. The van der Waals surface area contributed by atoms with Crippen molar-refractivity contribution >= 4 is 11.9 Å². The highest BCUT2D eigenvalue weighted by atomic mass is 16.5. The van der Waals surface area contributed by atoms with Gasteiger partial charge in [0.1, 0.15) is 0 Å². The third kappa shape index (κ3) is 13.0. The van der Waals surface area contributed by atoms with Gasteiger partial charge in [-0.15, -0.1) is 0 Å². The Labute approximate surface area is 179 Å². The highest BCUT2D eigenvalue weighted by molar-refractivity contribution is 5.76. The monoisotopic (exact) mass is 410 g/mol. The quantitative estimate of drug-likeness (QED) is 0.206. The van der Waals surface area contributed by atoms with Crippen LogP contribution in [0.25, 0.3) is 0 Å². The molecule has 2 unspecified atom stereocenters. The molecule has 0 bridgehead atoms. The molecule has 0 radical (unpaired) electrons. The topological polar surface area (TPSA) is 52.6 Å². The van der Waals surface area contributed by atoms with Crippen LogP contribution in [0.4, 0.5) is 0 Å². The van der Waals surface area contributed by atoms with E-state index in [0.717, 1.165) is 50.9 Å². The number of hydrogen-bond donors (Lipinski definition) is 0. The maximum Gasteiger partial charge on any atom is 0.308 e. The first-order valence-corrected chi connectivity index (χ1v) is 12.4. The van der Waals surface area contributed by atoms with Crippen molar-refractivity contribution in [1.29, 1.82) is 0 Å². The van der Waals surface area contributed by atoms with Crippen LogP contribution in [0.2, 0.25) is 0 Å². The van der Waals surface area contributed by atoms with Crippen molar-refractivity contribution in [1.82, 2.24) is 0 Å². The molecule has 2 atom stereocenters. The van der Waals surface area contributed by atoms with E-state index in [1.54, 1.807) is 0 Å². The van der Waals surface area contributed by atoms with Crippen LogP contribution in [0.1, 0.15) is 117 Å². The highest BCUT2D eigenvalue weighted by Gasteiger charge is 2.32. The Morgan fingerprint density at radius 2 is 1.24 bits per heavy atom. The van der Waals surface area contributed by atoms with Gasteiger partial charge in [0.05, 0.1) is 25.0 Å². The number of carbonyl (C=O) groups excluding carboxylic acids is 2. The zero-order chi connectivity index (χ0) is 21.3. The molecular weight excluding hydrogens is 364 g/mol. The molecule has 4 nitrogen and oxygen atoms in total. The fourth-order valence-corrected chi connectivity index (χ4v) is 4.09. The van der Waals surface area contributed by atoms with Gasteiger partial charge in [-0.1, -0.05) is 85.0 Å². The minimum atomic E-state index is -0.128. The zero-order valence-corrected chi connectivity index (χ0v) is 19.4. The molecule has 0 heterocycles. The van der Waals surface area contributed by atoms with Crippen molar-refractivity contribution in [2.45, 2.75) is 117 Å². The Kier molecular flexibility index (Phi) is 15.0. The van der Waals surface area contributed by atoms with Crippen LogP contribution in [-0.2, 0) is 19.1 Å². The van der Waals surface area contributed by atoms with E-state index in [2.05, 4.69) is 20.8 Å². The fraction of sp³-hybridized carbons (Fsp3) is 0.920. The van der Waals surface area contributed by atoms with Gasteiger partial charge in [-0.05, 0) is 38.0 Å². The van der Waals surface area contributed by atoms with Crippen LogP contribution in [0.3, 0.4) is 0 Å². The molecule has 0 aromatic rings. The maximum atomic E-state index is 12.4. The van der Waals surface area contributed by atoms with Gasteiger partial charge in [0, 0.05) is 0 Å². The number of unbranched alkanes of at least 4 members (excludes halogenated alkanes) is 8. The lowest BCUT2D eigenvalue weighted by Gasteiger charge is -2.26. The lowest BCUT2D eigenvalue weighted by Crippen LogP contribution is -2.30. The molecule has 0 spiro atoms. The second-order valence-electron chi connectivity index (χ2n) is 9.26. The van der Waals surface area contributed by atoms with Crippen LogP contribution in [0.5, 0.6) is 0 Å². The molecule has 0 aromatic heterocycles. The van der Waals surface area contributed by atoms with E-state index in [-0.39, 0.29) is 23.8 Å². The largest absolute Gasteiger partial charge is 0.465 e. The second-order valence-corrected chi connectivity index (χ2v) is 9.26. The van der Waals surface area contributed by atoms with E-state index in [0.29, 0.717) is 19.6 Å². The van der Waals surface area contributed by atoms with Crippen LogP contribution >= 0.6 is 0 Å². The Bertz CT molecular complexity index is 433. The van der Waals surface area contributed by atoms with Gasteiger partial charge in [-0.25, -0.2) is 0 Å². The molecule has 1 fully saturated rings. The van der Waals surface area contributed by atoms with Gasteiger partial charge < -0.3 is 9.47 Å². The highest BCUT2D eigenvalue weighted by Crippen LogP contribution is 2.31. The molecule has 4 heteroatoms. The fourth-order valence-electron chi connectivity index (χ4n) is 4.09. The van der Waals surface area contributed by atoms with E-state index < -0.39 is 0 Å². The van der Waals surface area contributed by atoms with Gasteiger partial charge >= 0.3 is 11.9 Å². The first-order valence-electron chi connectivity index (χ1n) is 12.4. The Balaban J connectivity index is 2.11. The Morgan fingerprint density at radius 1 is 0.759 bits per heavy atom. The molecule has 1 aliphatic rings. The summed E-state index contributed by atoms with van der Waals surface area (Å²) in [7, 11) is 0. The number of rotatable bonds is 16. The minimum absolute atomic E-state index is 0.109. The predicted octanol–water partition coefficient (Wildman–Crippen LogP) is 6.85. The average molecular weight is 411 g/mol. The van der Waals surface area contributed by atoms with Crippen molar-refractivity contribution in [3.63, 3.8) is 0 Å². The molecule has 0 amide bonds. The maximum absolute atomic E-state index is 12.4. The van der Waals surface area contributed by atoms with E-state index in [1.165, 1.54) is 44.9 Å². The summed E-state index contributed by atoms with van der Waals surface area (Å²) in [4.78, 5) is 24.7. The Morgan fingerprint density at radius 3 is 1.76 bits per heavy atom. The minimum Gasteiger partial charge on any atom is -0.465 e. The normalized spacial score (nSPS) is 19.3. The summed E-state index contributed by atoms with van der Waals surface area (Å²) >= 11 is 0. The zero-order valence-electron chi connectivity index (χ0n) is 19.4. The lowest BCUT2D eigenvalue weighted by atomic mass is 9.81. The van der Waals surface area contributed by atoms with Gasteiger partial charge in [0.15, 0.2) is 0 Å². The van der Waals surface area contributed by atoms with Crippen molar-refractivity contribution in [3.8, 4) is 0 Å². The first-order chi connectivity index (χ1) is 14.0. The summed E-state index contributed by atoms with van der Waals surface area (Å²) in [5, 5.41) is 0. The summed E-state index contributed by atoms with van der Waals surface area (Å²) in [5.74, 6) is 0.314. The molecule has 0 saturated heterocycles. The van der Waals surface area contributed by atoms with Gasteiger partial charge in [-0.2, -0.15) is 0 Å². The molecule has 170 valence electrons. The number of carbonyl (C=O) groups is 2. The van der Waals surface area contributed by atoms with Gasteiger partial charge in [0.25, 0.3) is 0 Å². The molecule has 29 heavy (non-hydrogen) atoms. The molecule has 1 saturated carbocycles. The molecule has 1 aliphatic carbocycles. The van der Waals surface area contributed by atoms with Crippen molar-refractivity contribution < 1.29 is 19.1 Å². The van der Waals surface area contributed by atoms with Crippen LogP contribution < -0.4 is 0 Å². The third-order valence-corrected chi connectivity index (χ3v) is 6.00. The SMILES string of the molecule is CCCCCCCOC(=O)C1CCCC(C(=O)OCCCCCCCC(C)C)C1. The second kappa shape index (κ2) is 16.7. The van der Waals surface area contributed by atoms with Crippen LogP contribution in [0, 0.1) is 17.8 Å². The Hall–Kier alpha value is -1.06. The summed E-state index contributed by atoms with van der Waals surface area (Å²) in [6.07, 6.45) is 16.1. The van der Waals surface area contributed by atoms with Crippen LogP contribution in [-0.4, -0.2) is 25.2 Å². The van der Waals surface area contributed by atoms with E-state index in [4.69, 9.17) is 9.47 Å². The van der Waals surface area contributed by atoms with E-state index in [9.17, 15) is 9.59 Å². The van der Waals surface area contributed by atoms with Crippen molar-refractivity contribution in [2.75, 3.05) is 13.2 Å². The summed E-state index contributed by atoms with van der Waals surface area (Å²) in [6.45, 7) is 7.77. The van der Waals surface area contributed by atoms with Crippen molar-refractivity contribution in [3.05, 3.63) is 0 Å². The summed E-state index contributed by atoms with van der Waals surface area (Å²) < 4.78 is 11.0. The van der Waals surface area contributed by atoms with Gasteiger partial charge in [0.2, 0.25) is 0 Å². The standard InChI is InChI=1S/C25H46O4/c1-4-5-6-9-12-18-28-24(26)22-16-14-17-23(20-22)25(27)29-19-13-10-7-8-11-15-21(2)3/h21-23H,4-20H2,1-3H3. The molecule has 1 rings (SSSR count). The molecular formula is C25H46O4. The third-order valence-electron chi connectivity index (χ3n) is 6.00. The number of ether oxygens (including phenoxy) is 2. The van der Waals surface area contributed by atoms with Crippen LogP contribution in [0.15, 0.2) is 0 Å². The average Bonchev–Trinajstić information content (AvgIpc) is 2.72. The summed E-state index contributed by atoms with van der Waals surface area (Å²) in [6, 6.07) is 0. The first kappa shape index (κ1) is 26.0. The number of esters is 2. The lowest BCUT2D eigenvalue weighted by molar-refractivity contribution is -0.155. The van der Waals surface area contributed by atoms with E-state index in [1.807, 2.05) is 0 Å². The van der Waals surface area contributed by atoms with E-state index >= 15 is 0 Å². The van der Waals surface area contributed by atoms with Crippen molar-refractivity contribution in [2.24, 2.45) is 17.8 Å².